The Kier molecular flexibility index (Phi) is 8.35. The van der Waals surface area contributed by atoms with Gasteiger partial charge in [0.2, 0.25) is 0 Å². The Labute approximate surface area is 207 Å². The molecule has 2 heterocycles. The molecular formula is C21H27F3N4O6S2. The molecule has 1 saturated heterocycles. The Morgan fingerprint density at radius 3 is 2.58 bits per heavy atom. The number of hydrogen-bond donors (Lipinski definition) is 2. The van der Waals surface area contributed by atoms with Crippen LogP contribution in [0.15, 0.2) is 28.9 Å². The van der Waals surface area contributed by atoms with Gasteiger partial charge in [0.25, 0.3) is 11.9 Å². The largest absolute Gasteiger partial charge is 0.431 e. The first-order valence-electron chi connectivity index (χ1n) is 11.2. The average Bonchev–Trinajstić information content (AvgIpc) is 3.07. The summed E-state index contributed by atoms with van der Waals surface area (Å²) in [5.41, 5.74) is -0.809. The maximum atomic E-state index is 13.0. The van der Waals surface area contributed by atoms with E-state index in [1.165, 1.54) is 6.07 Å². The molecule has 0 aliphatic carbocycles. The molecule has 1 fully saturated rings. The number of rotatable bonds is 8. The fourth-order valence-electron chi connectivity index (χ4n) is 3.81. The number of oxazole rings is 1. The lowest BCUT2D eigenvalue weighted by atomic mass is 10.1. The first-order chi connectivity index (χ1) is 16.7. The van der Waals surface area contributed by atoms with Crippen molar-refractivity contribution in [2.24, 2.45) is 0 Å². The Morgan fingerprint density at radius 2 is 1.92 bits per heavy atom. The number of halogens is 3. The lowest BCUT2D eigenvalue weighted by Gasteiger charge is -2.20. The van der Waals surface area contributed by atoms with Gasteiger partial charge < -0.3 is 9.73 Å². The van der Waals surface area contributed by atoms with Gasteiger partial charge in [0.15, 0.2) is 15.5 Å². The quantitative estimate of drug-likeness (QED) is 0.508. The molecule has 36 heavy (non-hydrogen) atoms. The van der Waals surface area contributed by atoms with Crippen LogP contribution in [0, 0.1) is 6.92 Å². The SMILES string of the molecule is CCCS(=O)(=O)C1CCCN(S(=O)(=O)NC(=O)c2coc(Nc3cc(C(F)(F)F)ccc3C)n2)CC1. The summed E-state index contributed by atoms with van der Waals surface area (Å²) >= 11 is 0. The third-order valence-corrected chi connectivity index (χ3v) is 9.69. The van der Waals surface area contributed by atoms with E-state index < -0.39 is 48.6 Å². The minimum Gasteiger partial charge on any atom is -0.431 e. The molecule has 0 radical (unpaired) electrons. The van der Waals surface area contributed by atoms with Crippen molar-refractivity contribution < 1.29 is 39.2 Å². The number of sulfone groups is 1. The number of benzene rings is 1. The monoisotopic (exact) mass is 552 g/mol. The summed E-state index contributed by atoms with van der Waals surface area (Å²) in [6, 6.07) is 2.73. The Bertz CT molecular complexity index is 1310. The molecule has 1 aromatic heterocycles. The van der Waals surface area contributed by atoms with Gasteiger partial charge in [-0.05, 0) is 50.3 Å². The van der Waals surface area contributed by atoms with Crippen LogP contribution in [0.5, 0.6) is 0 Å². The van der Waals surface area contributed by atoms with Crippen LogP contribution in [-0.2, 0) is 26.2 Å². The summed E-state index contributed by atoms with van der Waals surface area (Å²) in [6.45, 7) is 3.29. The van der Waals surface area contributed by atoms with Crippen LogP contribution in [0.25, 0.3) is 0 Å². The van der Waals surface area contributed by atoms with Gasteiger partial charge in [-0.1, -0.05) is 13.0 Å². The first-order valence-corrected chi connectivity index (χ1v) is 14.3. The normalized spacial score (nSPS) is 18.0. The number of aromatic nitrogens is 1. The number of aryl methyl sites for hydroxylation is 1. The van der Waals surface area contributed by atoms with Gasteiger partial charge in [-0.2, -0.15) is 30.9 Å². The number of anilines is 2. The van der Waals surface area contributed by atoms with E-state index in [0.717, 1.165) is 22.7 Å². The molecule has 1 unspecified atom stereocenters. The maximum Gasteiger partial charge on any atom is 0.416 e. The van der Waals surface area contributed by atoms with Gasteiger partial charge in [-0.25, -0.2) is 13.1 Å². The fourth-order valence-corrected chi connectivity index (χ4v) is 6.88. The number of nitrogens with one attached hydrogen (secondary N) is 2. The van der Waals surface area contributed by atoms with E-state index in [2.05, 4.69) is 10.3 Å². The second-order valence-electron chi connectivity index (χ2n) is 8.45. The summed E-state index contributed by atoms with van der Waals surface area (Å²) in [5, 5.41) is 1.91. The first kappa shape index (κ1) is 27.9. The average molecular weight is 553 g/mol. The molecular weight excluding hydrogens is 525 g/mol. The highest BCUT2D eigenvalue weighted by Gasteiger charge is 2.33. The van der Waals surface area contributed by atoms with Gasteiger partial charge in [0.05, 0.1) is 16.6 Å². The highest BCUT2D eigenvalue weighted by atomic mass is 32.2. The summed E-state index contributed by atoms with van der Waals surface area (Å²) in [6.07, 6.45) is -2.46. The van der Waals surface area contributed by atoms with Crippen LogP contribution < -0.4 is 10.0 Å². The number of carbonyl (C=O) groups excluding carboxylic acids is 1. The van der Waals surface area contributed by atoms with Crippen LogP contribution in [0.2, 0.25) is 0 Å². The molecule has 200 valence electrons. The standard InChI is InChI=1S/C21H27F3N4O6S2/c1-3-11-35(30,31)16-5-4-9-28(10-8-16)36(32,33)27-19(29)18-13-34-20(26-18)25-17-12-15(21(22,23)24)7-6-14(17)2/h6-7,12-13,16H,3-5,8-11H2,1-2H3,(H,25,26)(H,27,29). The topological polar surface area (TPSA) is 139 Å². The molecule has 0 bridgehead atoms. The summed E-state index contributed by atoms with van der Waals surface area (Å²) < 4.78 is 97.1. The Morgan fingerprint density at radius 1 is 1.19 bits per heavy atom. The number of nitrogens with zero attached hydrogens (tertiary/aromatic N) is 2. The van der Waals surface area contributed by atoms with E-state index in [1.807, 2.05) is 4.72 Å². The molecule has 1 aliphatic rings. The van der Waals surface area contributed by atoms with Crippen LogP contribution in [0.4, 0.5) is 24.9 Å². The Balaban J connectivity index is 1.67. The van der Waals surface area contributed by atoms with Gasteiger partial charge in [-0.3, -0.25) is 4.79 Å². The molecule has 10 nitrogen and oxygen atoms in total. The van der Waals surface area contributed by atoms with Crippen LogP contribution in [0.1, 0.15) is 54.2 Å². The van der Waals surface area contributed by atoms with Crippen molar-refractivity contribution in [2.75, 3.05) is 24.2 Å². The summed E-state index contributed by atoms with van der Waals surface area (Å²) in [7, 11) is -7.63. The van der Waals surface area contributed by atoms with E-state index in [1.54, 1.807) is 13.8 Å². The van der Waals surface area contributed by atoms with E-state index >= 15 is 0 Å². The third kappa shape index (κ3) is 6.76. The second-order valence-corrected chi connectivity index (χ2v) is 12.5. The molecule has 3 rings (SSSR count). The second kappa shape index (κ2) is 10.8. The number of carbonyl (C=O) groups is 1. The molecule has 1 aliphatic heterocycles. The van der Waals surface area contributed by atoms with Crippen molar-refractivity contribution in [3.05, 3.63) is 41.3 Å². The minimum absolute atomic E-state index is 0.0315. The van der Waals surface area contributed by atoms with E-state index in [9.17, 15) is 34.8 Å². The smallest absolute Gasteiger partial charge is 0.416 e. The van der Waals surface area contributed by atoms with Gasteiger partial charge in [0, 0.05) is 18.8 Å². The summed E-state index contributed by atoms with van der Waals surface area (Å²) in [5.74, 6) is -1.07. The highest BCUT2D eigenvalue weighted by molar-refractivity contribution is 7.92. The molecule has 2 aromatic rings. The molecule has 1 amide bonds. The van der Waals surface area contributed by atoms with Gasteiger partial charge >= 0.3 is 16.4 Å². The van der Waals surface area contributed by atoms with E-state index in [0.29, 0.717) is 24.8 Å². The molecule has 1 atom stereocenters. The van der Waals surface area contributed by atoms with Crippen LogP contribution >= 0.6 is 0 Å². The van der Waals surface area contributed by atoms with E-state index in [-0.39, 0.29) is 37.0 Å². The number of alkyl halides is 3. The van der Waals surface area contributed by atoms with Gasteiger partial charge in [0.1, 0.15) is 6.26 Å². The van der Waals surface area contributed by atoms with Crippen molar-refractivity contribution >= 4 is 37.7 Å². The zero-order chi connectivity index (χ0) is 26.7. The molecule has 2 N–H and O–H groups in total. The fraction of sp³-hybridized carbons (Fsp3) is 0.524. The predicted molar refractivity (Wildman–Crippen MR) is 126 cm³/mol. The Hall–Kier alpha value is -2.65. The van der Waals surface area contributed by atoms with Crippen molar-refractivity contribution in [1.82, 2.24) is 14.0 Å². The van der Waals surface area contributed by atoms with Crippen LogP contribution in [-0.4, -0.2) is 56.1 Å². The molecule has 0 saturated carbocycles. The highest BCUT2D eigenvalue weighted by Crippen LogP contribution is 2.33. The van der Waals surface area contributed by atoms with Crippen molar-refractivity contribution in [3.8, 4) is 0 Å². The maximum absolute atomic E-state index is 13.0. The zero-order valence-corrected chi connectivity index (χ0v) is 21.3. The molecule has 0 spiro atoms. The lowest BCUT2D eigenvalue weighted by molar-refractivity contribution is -0.137. The van der Waals surface area contributed by atoms with Crippen molar-refractivity contribution in [3.63, 3.8) is 0 Å². The predicted octanol–water partition coefficient (Wildman–Crippen LogP) is 3.40. The number of amides is 1. The minimum atomic E-state index is -4.56. The zero-order valence-electron chi connectivity index (χ0n) is 19.6. The van der Waals surface area contributed by atoms with Gasteiger partial charge in [-0.15, -0.1) is 0 Å². The van der Waals surface area contributed by atoms with Crippen LogP contribution in [0.3, 0.4) is 0 Å². The lowest BCUT2D eigenvalue weighted by Crippen LogP contribution is -2.44. The molecule has 1 aromatic carbocycles. The van der Waals surface area contributed by atoms with E-state index in [4.69, 9.17) is 4.42 Å². The summed E-state index contributed by atoms with van der Waals surface area (Å²) in [4.78, 5) is 16.3. The van der Waals surface area contributed by atoms with Crippen molar-refractivity contribution in [2.45, 2.75) is 51.0 Å². The van der Waals surface area contributed by atoms with Crippen molar-refractivity contribution in [1.29, 1.82) is 0 Å². The number of hydrogen-bond acceptors (Lipinski definition) is 8. The molecule has 15 heteroatoms. The third-order valence-electron chi connectivity index (χ3n) is 5.74.